The number of carboxylic acid groups (broad SMARTS) is 1. The highest BCUT2D eigenvalue weighted by Crippen LogP contribution is 2.25. The zero-order valence-electron chi connectivity index (χ0n) is 16.4. The Balaban J connectivity index is 2.29. The Morgan fingerprint density at radius 3 is 2.69 bits per heavy atom. The van der Waals surface area contributed by atoms with E-state index in [1.165, 1.54) is 0 Å². The molecule has 0 aromatic rings. The molecule has 5 nitrogen and oxygen atoms in total. The Morgan fingerprint density at radius 1 is 1.27 bits per heavy atom. The van der Waals surface area contributed by atoms with Gasteiger partial charge in [-0.3, -0.25) is 9.59 Å². The van der Waals surface area contributed by atoms with E-state index < -0.39 is 5.97 Å². The van der Waals surface area contributed by atoms with E-state index in [0.29, 0.717) is 19.3 Å². The lowest BCUT2D eigenvalue weighted by Crippen LogP contribution is -2.34. The molecule has 3 atom stereocenters. The average Bonchev–Trinajstić information content (AvgIpc) is 2.95. The SMILES string of the molecule is CCC#CC[C@H](C)[C@@H](O)CC[C@H]1CCC(=O)N1CCCCCCC(=O)O. The van der Waals surface area contributed by atoms with Crippen molar-refractivity contribution in [3.63, 3.8) is 0 Å². The number of hydrogen-bond acceptors (Lipinski definition) is 3. The van der Waals surface area contributed by atoms with Crippen molar-refractivity contribution in [1.29, 1.82) is 0 Å². The van der Waals surface area contributed by atoms with E-state index in [1.54, 1.807) is 0 Å². The molecule has 0 aromatic carbocycles. The van der Waals surface area contributed by atoms with Crippen molar-refractivity contribution in [2.45, 2.75) is 96.6 Å². The van der Waals surface area contributed by atoms with Gasteiger partial charge in [-0.1, -0.05) is 26.7 Å². The number of hydrogen-bond donors (Lipinski definition) is 2. The fourth-order valence-electron chi connectivity index (χ4n) is 3.45. The summed E-state index contributed by atoms with van der Waals surface area (Å²) < 4.78 is 0. The number of nitrogens with zero attached hydrogens (tertiary/aromatic N) is 1. The van der Waals surface area contributed by atoms with E-state index in [-0.39, 0.29) is 30.4 Å². The van der Waals surface area contributed by atoms with E-state index in [0.717, 1.165) is 51.5 Å². The van der Waals surface area contributed by atoms with E-state index in [2.05, 4.69) is 11.8 Å². The van der Waals surface area contributed by atoms with Gasteiger partial charge in [0.05, 0.1) is 6.10 Å². The predicted molar refractivity (Wildman–Crippen MR) is 103 cm³/mol. The molecule has 0 aromatic heterocycles. The molecule has 0 aliphatic carbocycles. The van der Waals surface area contributed by atoms with Gasteiger partial charge in [-0.25, -0.2) is 0 Å². The van der Waals surface area contributed by atoms with Crippen molar-refractivity contribution < 1.29 is 19.8 Å². The van der Waals surface area contributed by atoms with Crippen molar-refractivity contribution in [1.82, 2.24) is 4.90 Å². The summed E-state index contributed by atoms with van der Waals surface area (Å²) in [7, 11) is 0. The molecule has 0 unspecified atom stereocenters. The standard InChI is InChI=1S/C21H35NO4/c1-3-4-7-10-17(2)19(23)14-12-18-13-15-20(24)22(18)16-9-6-5-8-11-21(25)26/h17-19,23H,3,5-6,8-16H2,1-2H3,(H,25,26)/t17-,18-,19-/m0/s1. The largest absolute Gasteiger partial charge is 0.481 e. The van der Waals surface area contributed by atoms with Crippen LogP contribution in [-0.4, -0.2) is 45.7 Å². The average molecular weight is 366 g/mol. The Labute approximate surface area is 158 Å². The fraction of sp³-hybridized carbons (Fsp3) is 0.810. The minimum Gasteiger partial charge on any atom is -0.481 e. The maximum Gasteiger partial charge on any atom is 0.303 e. The monoisotopic (exact) mass is 365 g/mol. The number of aliphatic hydroxyl groups excluding tert-OH is 1. The predicted octanol–water partition coefficient (Wildman–Crippen LogP) is 3.59. The third kappa shape index (κ3) is 8.71. The van der Waals surface area contributed by atoms with Gasteiger partial charge in [0.1, 0.15) is 0 Å². The molecule has 5 heteroatoms. The minimum absolute atomic E-state index is 0.161. The molecule has 1 rings (SSSR count). The van der Waals surface area contributed by atoms with Gasteiger partial charge in [0.25, 0.3) is 0 Å². The highest BCUT2D eigenvalue weighted by Gasteiger charge is 2.30. The molecule has 0 bridgehead atoms. The van der Waals surface area contributed by atoms with Crippen LogP contribution in [0.2, 0.25) is 0 Å². The van der Waals surface area contributed by atoms with Gasteiger partial charge in [-0.05, 0) is 38.0 Å². The Morgan fingerprint density at radius 2 is 2.00 bits per heavy atom. The number of rotatable bonds is 12. The molecular weight excluding hydrogens is 330 g/mol. The molecule has 0 radical (unpaired) electrons. The molecule has 1 heterocycles. The topological polar surface area (TPSA) is 77.8 Å². The second-order valence-corrected chi connectivity index (χ2v) is 7.37. The van der Waals surface area contributed by atoms with Crippen LogP contribution in [0.4, 0.5) is 0 Å². The highest BCUT2D eigenvalue weighted by molar-refractivity contribution is 5.78. The van der Waals surface area contributed by atoms with Gasteiger partial charge in [0.2, 0.25) is 5.91 Å². The Kier molecular flexibility index (Phi) is 11.0. The van der Waals surface area contributed by atoms with E-state index in [9.17, 15) is 14.7 Å². The van der Waals surface area contributed by atoms with Crippen molar-refractivity contribution in [3.05, 3.63) is 0 Å². The van der Waals surface area contributed by atoms with Crippen LogP contribution in [0.3, 0.4) is 0 Å². The number of carbonyl (C=O) groups is 2. The van der Waals surface area contributed by atoms with Crippen LogP contribution in [0.1, 0.15) is 84.5 Å². The molecule has 1 aliphatic heterocycles. The van der Waals surface area contributed by atoms with Crippen molar-refractivity contribution >= 4 is 11.9 Å². The highest BCUT2D eigenvalue weighted by atomic mass is 16.4. The van der Waals surface area contributed by atoms with E-state index >= 15 is 0 Å². The van der Waals surface area contributed by atoms with Gasteiger partial charge >= 0.3 is 5.97 Å². The molecule has 148 valence electrons. The van der Waals surface area contributed by atoms with Crippen LogP contribution in [0.15, 0.2) is 0 Å². The van der Waals surface area contributed by atoms with Crippen molar-refractivity contribution in [2.24, 2.45) is 5.92 Å². The summed E-state index contributed by atoms with van der Waals surface area (Å²) in [5, 5.41) is 19.0. The second-order valence-electron chi connectivity index (χ2n) is 7.37. The summed E-state index contributed by atoms with van der Waals surface area (Å²) in [5.74, 6) is 5.78. The first-order chi connectivity index (χ1) is 12.5. The van der Waals surface area contributed by atoms with Crippen LogP contribution >= 0.6 is 0 Å². The molecule has 0 saturated carbocycles. The fourth-order valence-corrected chi connectivity index (χ4v) is 3.45. The summed E-state index contributed by atoms with van der Waals surface area (Å²) in [5.41, 5.74) is 0. The first-order valence-corrected chi connectivity index (χ1v) is 10.1. The minimum atomic E-state index is -0.742. The van der Waals surface area contributed by atoms with E-state index in [4.69, 9.17) is 5.11 Å². The van der Waals surface area contributed by atoms with Crippen LogP contribution in [0, 0.1) is 17.8 Å². The van der Waals surface area contributed by atoms with Gasteiger partial charge in [0, 0.05) is 38.3 Å². The van der Waals surface area contributed by atoms with Gasteiger partial charge in [0.15, 0.2) is 0 Å². The lowest BCUT2D eigenvalue weighted by molar-refractivity contribution is -0.137. The lowest BCUT2D eigenvalue weighted by Gasteiger charge is -2.26. The van der Waals surface area contributed by atoms with Gasteiger partial charge in [-0.15, -0.1) is 11.8 Å². The summed E-state index contributed by atoms with van der Waals surface area (Å²) in [4.78, 5) is 24.6. The summed E-state index contributed by atoms with van der Waals surface area (Å²) in [6.07, 6.45) is 7.96. The number of carboxylic acids is 1. The Hall–Kier alpha value is -1.54. The molecular formula is C21H35NO4. The number of likely N-dealkylation sites (tertiary alicyclic amines) is 1. The zero-order chi connectivity index (χ0) is 19.4. The number of aliphatic hydroxyl groups is 1. The number of carbonyl (C=O) groups excluding carboxylic acids is 1. The van der Waals surface area contributed by atoms with Crippen molar-refractivity contribution in [2.75, 3.05) is 6.54 Å². The number of unbranched alkanes of at least 4 members (excludes halogenated alkanes) is 3. The van der Waals surface area contributed by atoms with Crippen LogP contribution in [0.25, 0.3) is 0 Å². The number of aliphatic carboxylic acids is 1. The van der Waals surface area contributed by atoms with Crippen molar-refractivity contribution in [3.8, 4) is 11.8 Å². The molecule has 2 N–H and O–H groups in total. The third-order valence-corrected chi connectivity index (χ3v) is 5.17. The zero-order valence-corrected chi connectivity index (χ0v) is 16.4. The molecule has 0 spiro atoms. The maximum absolute atomic E-state index is 12.1. The summed E-state index contributed by atoms with van der Waals surface area (Å²) >= 11 is 0. The molecule has 1 fully saturated rings. The number of amides is 1. The quantitative estimate of drug-likeness (QED) is 0.409. The van der Waals surface area contributed by atoms with Gasteiger partial charge in [-0.2, -0.15) is 0 Å². The Bertz CT molecular complexity index is 494. The maximum atomic E-state index is 12.1. The van der Waals surface area contributed by atoms with E-state index in [1.807, 2.05) is 18.7 Å². The third-order valence-electron chi connectivity index (χ3n) is 5.17. The molecule has 1 aliphatic rings. The van der Waals surface area contributed by atoms with Crippen LogP contribution < -0.4 is 0 Å². The normalized spacial score (nSPS) is 19.1. The first kappa shape index (κ1) is 22.5. The summed E-state index contributed by atoms with van der Waals surface area (Å²) in [6, 6.07) is 0.241. The van der Waals surface area contributed by atoms with Crippen LogP contribution in [-0.2, 0) is 9.59 Å². The van der Waals surface area contributed by atoms with Gasteiger partial charge < -0.3 is 15.1 Å². The molecule has 26 heavy (non-hydrogen) atoms. The first-order valence-electron chi connectivity index (χ1n) is 10.1. The molecule has 1 amide bonds. The van der Waals surface area contributed by atoms with Crippen LogP contribution in [0.5, 0.6) is 0 Å². The summed E-state index contributed by atoms with van der Waals surface area (Å²) in [6.45, 7) is 4.81. The smallest absolute Gasteiger partial charge is 0.303 e. The second kappa shape index (κ2) is 12.8. The molecule has 1 saturated heterocycles. The lowest BCUT2D eigenvalue weighted by atomic mass is 9.95.